The number of ether oxygens (including phenoxy) is 4. The van der Waals surface area contributed by atoms with Crippen LogP contribution in [0.5, 0.6) is 11.9 Å². The third kappa shape index (κ3) is 5.55. The lowest BCUT2D eigenvalue weighted by atomic mass is 10.6. The largest absolute Gasteiger partial charge is 0.498 e. The molecule has 0 radical (unpaired) electrons. The van der Waals surface area contributed by atoms with Gasteiger partial charge in [-0.25, -0.2) is 0 Å². The van der Waals surface area contributed by atoms with E-state index in [1.54, 1.807) is 12.1 Å². The van der Waals surface area contributed by atoms with Crippen molar-refractivity contribution in [3.63, 3.8) is 0 Å². The van der Waals surface area contributed by atoms with Crippen LogP contribution in [0.25, 0.3) is 0 Å². The quantitative estimate of drug-likeness (QED) is 0.464. The minimum Gasteiger partial charge on any atom is -0.498 e. The molecule has 94 valence electrons. The third-order valence-electron chi connectivity index (χ3n) is 1.68. The van der Waals surface area contributed by atoms with Gasteiger partial charge in [0.25, 0.3) is 11.9 Å². The Morgan fingerprint density at radius 1 is 0.882 bits per heavy atom. The molecule has 0 aliphatic rings. The van der Waals surface area contributed by atoms with E-state index >= 15 is 0 Å². The van der Waals surface area contributed by atoms with Crippen LogP contribution < -0.4 is 9.47 Å². The van der Waals surface area contributed by atoms with Gasteiger partial charge in [-0.15, -0.1) is 0 Å². The molecule has 0 aliphatic carbocycles. The van der Waals surface area contributed by atoms with Gasteiger partial charge in [0.15, 0.2) is 0 Å². The van der Waals surface area contributed by atoms with E-state index in [1.165, 1.54) is 12.5 Å². The fraction of sp³-hybridized carbons (Fsp3) is 0.333. The van der Waals surface area contributed by atoms with Crippen LogP contribution in [0.4, 0.5) is 0 Å². The van der Waals surface area contributed by atoms with Crippen molar-refractivity contribution in [2.75, 3.05) is 26.4 Å². The van der Waals surface area contributed by atoms with Crippen molar-refractivity contribution in [1.82, 2.24) is 0 Å². The van der Waals surface area contributed by atoms with Crippen LogP contribution in [-0.2, 0) is 9.47 Å². The molecule has 0 spiro atoms. The Hall–Kier alpha value is -2.04. The lowest BCUT2D eigenvalue weighted by Gasteiger charge is -2.03. The lowest BCUT2D eigenvalue weighted by Crippen LogP contribution is -2.03. The molecule has 1 rings (SSSR count). The molecule has 0 aromatic carbocycles. The zero-order valence-electron chi connectivity index (χ0n) is 9.59. The molecule has 0 atom stereocenters. The molecule has 0 N–H and O–H groups in total. The first-order valence-electron chi connectivity index (χ1n) is 5.17. The fourth-order valence-electron chi connectivity index (χ4n) is 1.01. The van der Waals surface area contributed by atoms with Crippen LogP contribution in [0.1, 0.15) is 0 Å². The van der Waals surface area contributed by atoms with Gasteiger partial charge in [-0.1, -0.05) is 13.2 Å². The highest BCUT2D eigenvalue weighted by Gasteiger charge is 2.03. The first-order valence-corrected chi connectivity index (χ1v) is 5.17. The normalized spacial score (nSPS) is 9.41. The zero-order valence-corrected chi connectivity index (χ0v) is 9.59. The molecular formula is C12H16O5. The third-order valence-corrected chi connectivity index (χ3v) is 1.68. The van der Waals surface area contributed by atoms with Crippen molar-refractivity contribution in [3.8, 4) is 11.9 Å². The number of hydrogen-bond donors (Lipinski definition) is 0. The van der Waals surface area contributed by atoms with Gasteiger partial charge >= 0.3 is 0 Å². The summed E-state index contributed by atoms with van der Waals surface area (Å²) in [6, 6.07) is 3.36. The summed E-state index contributed by atoms with van der Waals surface area (Å²) in [5.74, 6) is 0.773. The van der Waals surface area contributed by atoms with Crippen LogP contribution in [0, 0.1) is 0 Å². The predicted octanol–water partition coefficient (Wildman–Crippen LogP) is 2.36. The topological polar surface area (TPSA) is 50.1 Å². The first-order chi connectivity index (χ1) is 8.36. The van der Waals surface area contributed by atoms with Crippen molar-refractivity contribution in [1.29, 1.82) is 0 Å². The molecule has 0 fully saturated rings. The van der Waals surface area contributed by atoms with Crippen molar-refractivity contribution < 1.29 is 23.4 Å². The van der Waals surface area contributed by atoms with Gasteiger partial charge in [0.2, 0.25) is 0 Å². The standard InChI is InChI=1S/C12H16O5/c1-3-13-7-9-15-11-5-6-12(17-11)16-10-8-14-4-2/h3-6H,1-2,7-10H2. The fourth-order valence-corrected chi connectivity index (χ4v) is 1.01. The Labute approximate surface area is 100 Å². The zero-order chi connectivity index (χ0) is 12.3. The average Bonchev–Trinajstić information content (AvgIpc) is 2.78. The van der Waals surface area contributed by atoms with E-state index in [9.17, 15) is 0 Å². The van der Waals surface area contributed by atoms with E-state index in [-0.39, 0.29) is 0 Å². The van der Waals surface area contributed by atoms with Gasteiger partial charge in [0, 0.05) is 12.1 Å². The van der Waals surface area contributed by atoms with Gasteiger partial charge in [-0.05, 0) is 0 Å². The van der Waals surface area contributed by atoms with Crippen molar-refractivity contribution in [3.05, 3.63) is 37.8 Å². The molecular weight excluding hydrogens is 224 g/mol. The molecule has 0 bridgehead atoms. The summed E-state index contributed by atoms with van der Waals surface area (Å²) in [5.41, 5.74) is 0. The Morgan fingerprint density at radius 2 is 1.35 bits per heavy atom. The molecule has 1 heterocycles. The molecule has 0 saturated heterocycles. The van der Waals surface area contributed by atoms with Gasteiger partial charge in [-0.2, -0.15) is 0 Å². The SMILES string of the molecule is C=COCCOc1ccc(OCCOC=C)o1. The first kappa shape index (κ1) is 13.0. The Balaban J connectivity index is 2.18. The predicted molar refractivity (Wildman–Crippen MR) is 62.0 cm³/mol. The second kappa shape index (κ2) is 8.15. The molecule has 0 amide bonds. The second-order valence-electron chi connectivity index (χ2n) is 2.85. The maximum Gasteiger partial charge on any atom is 0.287 e. The van der Waals surface area contributed by atoms with Crippen molar-refractivity contribution in [2.24, 2.45) is 0 Å². The van der Waals surface area contributed by atoms with Crippen LogP contribution in [0.3, 0.4) is 0 Å². The maximum atomic E-state index is 5.25. The summed E-state index contributed by atoms with van der Waals surface area (Å²) >= 11 is 0. The molecule has 5 nitrogen and oxygen atoms in total. The van der Waals surface area contributed by atoms with Crippen molar-refractivity contribution >= 4 is 0 Å². The summed E-state index contributed by atoms with van der Waals surface area (Å²) in [6.07, 6.45) is 2.72. The van der Waals surface area contributed by atoms with E-state index in [1.807, 2.05) is 0 Å². The van der Waals surface area contributed by atoms with Crippen molar-refractivity contribution in [2.45, 2.75) is 0 Å². The number of rotatable bonds is 10. The van der Waals surface area contributed by atoms with E-state index in [4.69, 9.17) is 23.4 Å². The Bertz CT molecular complexity index is 301. The second-order valence-corrected chi connectivity index (χ2v) is 2.85. The molecule has 5 heteroatoms. The van der Waals surface area contributed by atoms with Crippen LogP contribution in [0.2, 0.25) is 0 Å². The minimum absolute atomic E-state index is 0.386. The summed E-state index contributed by atoms with van der Waals surface area (Å²) < 4.78 is 25.5. The van der Waals surface area contributed by atoms with E-state index in [0.717, 1.165) is 0 Å². The Morgan fingerprint density at radius 3 is 1.76 bits per heavy atom. The maximum absolute atomic E-state index is 5.25. The smallest absolute Gasteiger partial charge is 0.287 e. The highest BCUT2D eigenvalue weighted by Crippen LogP contribution is 2.22. The molecule has 1 aromatic rings. The average molecular weight is 240 g/mol. The summed E-state index contributed by atoms with van der Waals surface area (Å²) in [6.45, 7) is 8.46. The van der Waals surface area contributed by atoms with E-state index in [2.05, 4.69) is 13.2 Å². The summed E-state index contributed by atoms with van der Waals surface area (Å²) in [5, 5.41) is 0. The lowest BCUT2D eigenvalue weighted by molar-refractivity contribution is 0.130. The highest BCUT2D eigenvalue weighted by atomic mass is 16.7. The number of hydrogen-bond acceptors (Lipinski definition) is 5. The molecule has 0 aliphatic heterocycles. The Kier molecular flexibility index (Phi) is 6.25. The molecule has 1 aromatic heterocycles. The highest BCUT2D eigenvalue weighted by molar-refractivity contribution is 5.15. The van der Waals surface area contributed by atoms with Gasteiger partial charge < -0.3 is 23.4 Å². The van der Waals surface area contributed by atoms with E-state index in [0.29, 0.717) is 38.3 Å². The number of furan rings is 1. The van der Waals surface area contributed by atoms with Gasteiger partial charge in [-0.3, -0.25) is 0 Å². The van der Waals surface area contributed by atoms with E-state index < -0.39 is 0 Å². The van der Waals surface area contributed by atoms with Gasteiger partial charge in [0.05, 0.1) is 12.5 Å². The summed E-state index contributed by atoms with van der Waals surface area (Å²) in [7, 11) is 0. The van der Waals surface area contributed by atoms with Gasteiger partial charge in [0.1, 0.15) is 26.4 Å². The van der Waals surface area contributed by atoms with Crippen LogP contribution in [0.15, 0.2) is 42.2 Å². The minimum atomic E-state index is 0.386. The molecule has 17 heavy (non-hydrogen) atoms. The molecule has 0 saturated carbocycles. The monoisotopic (exact) mass is 240 g/mol. The van der Waals surface area contributed by atoms with Crippen LogP contribution in [-0.4, -0.2) is 26.4 Å². The summed E-state index contributed by atoms with van der Waals surface area (Å²) in [4.78, 5) is 0. The molecule has 0 unspecified atom stereocenters. The van der Waals surface area contributed by atoms with Crippen LogP contribution >= 0.6 is 0 Å².